The highest BCUT2D eigenvalue weighted by atomic mass is 32.1. The van der Waals surface area contributed by atoms with Crippen LogP contribution < -0.4 is 15.5 Å². The molecule has 2 aromatic carbocycles. The molecule has 36 heavy (non-hydrogen) atoms. The Bertz CT molecular complexity index is 1430. The first-order valence-corrected chi connectivity index (χ1v) is 12.1. The van der Waals surface area contributed by atoms with Gasteiger partial charge in [0.1, 0.15) is 5.75 Å². The number of aryl methyl sites for hydroxylation is 1. The zero-order valence-corrected chi connectivity index (χ0v) is 21.1. The monoisotopic (exact) mass is 497 g/mol. The number of aromatic hydroxyl groups is 1. The fourth-order valence-electron chi connectivity index (χ4n) is 4.97. The number of carbonyl (C=O) groups excluding carboxylic acids is 1. The Morgan fingerprint density at radius 3 is 2.44 bits per heavy atom. The first-order valence-electron chi connectivity index (χ1n) is 11.7. The number of anilines is 2. The number of amides is 1. The second kappa shape index (κ2) is 9.47. The Balaban J connectivity index is 1.64. The zero-order valence-electron chi connectivity index (χ0n) is 20.3. The molecule has 1 aliphatic heterocycles. The number of aromatic nitrogens is 2. The maximum atomic E-state index is 11.5. The van der Waals surface area contributed by atoms with Gasteiger partial charge in [0.05, 0.1) is 23.5 Å². The third kappa shape index (κ3) is 4.20. The quantitative estimate of drug-likeness (QED) is 0.323. The van der Waals surface area contributed by atoms with E-state index in [0.29, 0.717) is 5.11 Å². The number of benzene rings is 2. The third-order valence-corrected chi connectivity index (χ3v) is 6.79. The normalized spacial score (nSPS) is 17.2. The molecule has 1 saturated heterocycles. The van der Waals surface area contributed by atoms with E-state index < -0.39 is 0 Å². The molecule has 0 aliphatic carbocycles. The molecule has 1 aliphatic rings. The van der Waals surface area contributed by atoms with Crippen LogP contribution in [-0.4, -0.2) is 25.7 Å². The summed E-state index contributed by atoms with van der Waals surface area (Å²) in [6.45, 7) is 5.58. The first kappa shape index (κ1) is 23.6. The van der Waals surface area contributed by atoms with Crippen molar-refractivity contribution in [1.82, 2.24) is 14.9 Å². The summed E-state index contributed by atoms with van der Waals surface area (Å²) in [6.07, 6.45) is 1.79. The molecule has 3 heterocycles. The molecule has 1 fully saturated rings. The summed E-state index contributed by atoms with van der Waals surface area (Å²) in [6, 6.07) is 22.6. The molecule has 2 aromatic heterocycles. The fraction of sp³-hybridized carbons (Fsp3) is 0.179. The van der Waals surface area contributed by atoms with Gasteiger partial charge in [-0.1, -0.05) is 18.2 Å². The number of nitrogens with zero attached hydrogens (tertiary/aromatic N) is 3. The van der Waals surface area contributed by atoms with Gasteiger partial charge < -0.3 is 25.2 Å². The van der Waals surface area contributed by atoms with Crippen molar-refractivity contribution in [3.8, 4) is 11.4 Å². The maximum Gasteiger partial charge on any atom is 0.221 e. The smallest absolute Gasteiger partial charge is 0.221 e. The topological polar surface area (TPSA) is 82.4 Å². The van der Waals surface area contributed by atoms with E-state index in [-0.39, 0.29) is 23.7 Å². The maximum absolute atomic E-state index is 11.5. The van der Waals surface area contributed by atoms with Crippen molar-refractivity contribution in [2.24, 2.45) is 0 Å². The second-order valence-electron chi connectivity index (χ2n) is 8.88. The van der Waals surface area contributed by atoms with Crippen molar-refractivity contribution in [2.75, 3.05) is 10.2 Å². The van der Waals surface area contributed by atoms with Gasteiger partial charge in [-0.05, 0) is 86.2 Å². The molecule has 0 unspecified atom stereocenters. The van der Waals surface area contributed by atoms with E-state index in [1.807, 2.05) is 67.6 Å². The van der Waals surface area contributed by atoms with Crippen LogP contribution in [0.5, 0.6) is 5.75 Å². The molecule has 7 nitrogen and oxygen atoms in total. The van der Waals surface area contributed by atoms with Crippen LogP contribution >= 0.6 is 12.2 Å². The Morgan fingerprint density at radius 1 is 1.06 bits per heavy atom. The molecule has 0 saturated carbocycles. The molecular formula is C28H27N5O2S. The average molecular weight is 498 g/mol. The van der Waals surface area contributed by atoms with Crippen molar-refractivity contribution in [2.45, 2.75) is 32.9 Å². The van der Waals surface area contributed by atoms with Crippen LogP contribution in [0.25, 0.3) is 5.69 Å². The molecule has 182 valence electrons. The number of carbonyl (C=O) groups is 1. The largest absolute Gasteiger partial charge is 0.506 e. The number of phenols is 1. The number of phenolic OH excluding ortho intramolecular Hbond substituents is 1. The molecule has 0 spiro atoms. The predicted octanol–water partition coefficient (Wildman–Crippen LogP) is 5.33. The van der Waals surface area contributed by atoms with E-state index in [9.17, 15) is 9.90 Å². The number of nitrogens with one attached hydrogen (secondary N) is 2. The van der Waals surface area contributed by atoms with Crippen LogP contribution in [0.15, 0.2) is 79.0 Å². The zero-order chi connectivity index (χ0) is 25.4. The highest BCUT2D eigenvalue weighted by Crippen LogP contribution is 2.44. The van der Waals surface area contributed by atoms with Gasteiger partial charge in [-0.3, -0.25) is 9.78 Å². The number of rotatable bonds is 5. The molecule has 5 rings (SSSR count). The summed E-state index contributed by atoms with van der Waals surface area (Å²) < 4.78 is 2.07. The molecule has 0 radical (unpaired) electrons. The van der Waals surface area contributed by atoms with Crippen molar-refractivity contribution < 1.29 is 9.90 Å². The van der Waals surface area contributed by atoms with Crippen molar-refractivity contribution in [3.05, 3.63) is 102 Å². The molecule has 8 heteroatoms. The Hall–Kier alpha value is -4.17. The summed E-state index contributed by atoms with van der Waals surface area (Å²) in [5.74, 6) is 0.100. The van der Waals surface area contributed by atoms with Gasteiger partial charge in [0.2, 0.25) is 5.91 Å². The van der Waals surface area contributed by atoms with Crippen LogP contribution in [0.1, 0.15) is 41.7 Å². The minimum absolute atomic E-state index is 0.120. The number of hydrogen-bond acceptors (Lipinski definition) is 4. The Morgan fingerprint density at radius 2 is 1.78 bits per heavy atom. The Labute approximate surface area is 215 Å². The van der Waals surface area contributed by atoms with E-state index in [1.54, 1.807) is 12.3 Å². The molecule has 3 N–H and O–H groups in total. The van der Waals surface area contributed by atoms with E-state index in [2.05, 4.69) is 38.1 Å². The molecule has 1 amide bonds. The first-order chi connectivity index (χ1) is 17.3. The lowest BCUT2D eigenvalue weighted by atomic mass is 9.96. The van der Waals surface area contributed by atoms with Crippen LogP contribution in [0.3, 0.4) is 0 Å². The van der Waals surface area contributed by atoms with Gasteiger partial charge in [-0.25, -0.2) is 0 Å². The lowest BCUT2D eigenvalue weighted by molar-refractivity contribution is -0.114. The third-order valence-electron chi connectivity index (χ3n) is 6.48. The van der Waals surface area contributed by atoms with Crippen LogP contribution in [-0.2, 0) is 4.79 Å². The van der Waals surface area contributed by atoms with Gasteiger partial charge >= 0.3 is 0 Å². The van der Waals surface area contributed by atoms with Crippen LogP contribution in [0, 0.1) is 13.8 Å². The minimum Gasteiger partial charge on any atom is -0.506 e. The highest BCUT2D eigenvalue weighted by Gasteiger charge is 2.42. The van der Waals surface area contributed by atoms with Gasteiger partial charge in [-0.2, -0.15) is 0 Å². The summed E-state index contributed by atoms with van der Waals surface area (Å²) in [7, 11) is 0. The van der Waals surface area contributed by atoms with E-state index >= 15 is 0 Å². The molecular weight excluding hydrogens is 470 g/mol. The predicted molar refractivity (Wildman–Crippen MR) is 146 cm³/mol. The minimum atomic E-state index is -0.190. The van der Waals surface area contributed by atoms with Gasteiger partial charge in [0.15, 0.2) is 5.11 Å². The molecule has 4 aromatic rings. The van der Waals surface area contributed by atoms with Gasteiger partial charge in [-0.15, -0.1) is 0 Å². The number of hydrogen-bond donors (Lipinski definition) is 3. The SMILES string of the molecule is CC(=O)Nc1ccc(N2C(=S)N[C@@H](c3ccccn3)[C@H]2c2cc(C)n(-c3ccccc3O)c2C)cc1. The summed E-state index contributed by atoms with van der Waals surface area (Å²) in [5, 5.41) is 17.5. The standard InChI is InChI=1S/C28H27N5O2S/c1-17-16-22(18(2)32(17)24-9-4-5-10-25(24)35)27-26(23-8-6-7-15-29-23)31-28(36)33(27)21-13-11-20(12-14-21)30-19(3)34/h4-16,26-27,35H,1-3H3,(H,30,34)(H,31,36)/t26-,27+/m0/s1. The molecule has 2 atom stereocenters. The average Bonchev–Trinajstić information content (AvgIpc) is 3.35. The second-order valence-corrected chi connectivity index (χ2v) is 9.26. The summed E-state index contributed by atoms with van der Waals surface area (Å²) in [4.78, 5) is 18.2. The summed E-state index contributed by atoms with van der Waals surface area (Å²) >= 11 is 5.85. The Kier molecular flexibility index (Phi) is 6.20. The van der Waals surface area contributed by atoms with E-state index in [4.69, 9.17) is 12.2 Å². The molecule has 0 bridgehead atoms. The van der Waals surface area contributed by atoms with Crippen molar-refractivity contribution in [3.63, 3.8) is 0 Å². The van der Waals surface area contributed by atoms with Gasteiger partial charge in [0, 0.05) is 35.9 Å². The lowest BCUT2D eigenvalue weighted by Gasteiger charge is -2.28. The van der Waals surface area contributed by atoms with E-state index in [1.165, 1.54) is 6.92 Å². The van der Waals surface area contributed by atoms with Crippen molar-refractivity contribution in [1.29, 1.82) is 0 Å². The van der Waals surface area contributed by atoms with Crippen molar-refractivity contribution >= 4 is 34.6 Å². The fourth-order valence-corrected chi connectivity index (χ4v) is 5.31. The van der Waals surface area contributed by atoms with Crippen LogP contribution in [0.4, 0.5) is 11.4 Å². The number of para-hydroxylation sites is 2. The number of pyridine rings is 1. The lowest BCUT2D eigenvalue weighted by Crippen LogP contribution is -2.29. The highest BCUT2D eigenvalue weighted by molar-refractivity contribution is 7.80. The van der Waals surface area contributed by atoms with Gasteiger partial charge in [0.25, 0.3) is 0 Å². The van der Waals surface area contributed by atoms with E-state index in [0.717, 1.165) is 39.7 Å². The number of thiocarbonyl (C=S) groups is 1. The van der Waals surface area contributed by atoms with Crippen LogP contribution in [0.2, 0.25) is 0 Å². The summed E-state index contributed by atoms with van der Waals surface area (Å²) in [5.41, 5.74) is 6.32.